The van der Waals surface area contributed by atoms with Gasteiger partial charge < -0.3 is 5.11 Å². The monoisotopic (exact) mass is 392 g/mol. The lowest BCUT2D eigenvalue weighted by molar-refractivity contribution is -0.137. The van der Waals surface area contributed by atoms with E-state index in [9.17, 15) is 13.2 Å². The molecule has 0 bridgehead atoms. The van der Waals surface area contributed by atoms with Crippen LogP contribution in [0.1, 0.15) is 30.7 Å². The van der Waals surface area contributed by atoms with Gasteiger partial charge in [-0.2, -0.15) is 0 Å². The summed E-state index contributed by atoms with van der Waals surface area (Å²) in [6.45, 7) is 0. The van der Waals surface area contributed by atoms with Crippen LogP contribution in [0.5, 0.6) is 0 Å². The normalized spacial score (nSPS) is 16.7. The number of aliphatic carboxylic acids is 1. The van der Waals surface area contributed by atoms with Crippen LogP contribution in [-0.4, -0.2) is 32.0 Å². The van der Waals surface area contributed by atoms with Crippen LogP contribution in [0, 0.1) is 5.92 Å². The Hall–Kier alpha value is -0.530. The van der Waals surface area contributed by atoms with Crippen LogP contribution in [0.25, 0.3) is 0 Å². The Morgan fingerprint density at radius 2 is 2.10 bits per heavy atom. The van der Waals surface area contributed by atoms with Crippen LogP contribution in [0.3, 0.4) is 0 Å². The van der Waals surface area contributed by atoms with Gasteiger partial charge in [-0.05, 0) is 64.6 Å². The molecule has 1 unspecified atom stereocenters. The van der Waals surface area contributed by atoms with Gasteiger partial charge in [-0.15, -0.1) is 11.8 Å². The molecule has 0 heterocycles. The van der Waals surface area contributed by atoms with Crippen molar-refractivity contribution >= 4 is 43.5 Å². The van der Waals surface area contributed by atoms with E-state index < -0.39 is 15.8 Å². The maximum atomic E-state index is 12.0. The van der Waals surface area contributed by atoms with E-state index in [2.05, 4.69) is 15.9 Å². The summed E-state index contributed by atoms with van der Waals surface area (Å²) in [6, 6.07) is 3.52. The van der Waals surface area contributed by atoms with Gasteiger partial charge in [0, 0.05) is 15.6 Å². The molecule has 0 aromatic heterocycles. The molecule has 0 aliphatic heterocycles. The Balaban J connectivity index is 2.54. The lowest BCUT2D eigenvalue weighted by Crippen LogP contribution is -2.10. The number of thioether (sulfide) groups is 1. The summed E-state index contributed by atoms with van der Waals surface area (Å²) >= 11 is 4.79. The SMILES string of the molecule is CSc1c(Br)cc(C(CC(=O)O)C2CC2)cc1S(C)(=O)=O. The van der Waals surface area contributed by atoms with Gasteiger partial charge in [-0.1, -0.05) is 0 Å². The van der Waals surface area contributed by atoms with Gasteiger partial charge in [0.1, 0.15) is 0 Å². The predicted molar refractivity (Wildman–Crippen MR) is 86.8 cm³/mol. The Labute approximate surface area is 137 Å². The molecule has 0 spiro atoms. The van der Waals surface area contributed by atoms with E-state index in [0.717, 1.165) is 18.4 Å². The van der Waals surface area contributed by atoms with Crippen LogP contribution >= 0.6 is 27.7 Å². The third-order valence-electron chi connectivity index (χ3n) is 3.65. The number of carbonyl (C=O) groups is 1. The van der Waals surface area contributed by atoms with E-state index >= 15 is 0 Å². The first-order valence-electron chi connectivity index (χ1n) is 6.53. The van der Waals surface area contributed by atoms with E-state index in [1.54, 1.807) is 6.07 Å². The van der Waals surface area contributed by atoms with Gasteiger partial charge in [-0.25, -0.2) is 8.42 Å². The molecule has 1 fully saturated rings. The molecule has 1 aromatic rings. The van der Waals surface area contributed by atoms with Gasteiger partial charge in [0.05, 0.1) is 11.3 Å². The molecule has 1 saturated carbocycles. The number of sulfone groups is 1. The number of carboxylic acids is 1. The molecule has 21 heavy (non-hydrogen) atoms. The van der Waals surface area contributed by atoms with Crippen LogP contribution in [0.4, 0.5) is 0 Å². The number of benzene rings is 1. The van der Waals surface area contributed by atoms with Gasteiger partial charge >= 0.3 is 5.97 Å². The Kier molecular flexibility index (Phi) is 5.05. The van der Waals surface area contributed by atoms with Crippen LogP contribution in [0.2, 0.25) is 0 Å². The number of hydrogen-bond acceptors (Lipinski definition) is 4. The third-order valence-corrected chi connectivity index (χ3v) is 6.64. The lowest BCUT2D eigenvalue weighted by atomic mass is 9.91. The average Bonchev–Trinajstić information content (AvgIpc) is 3.17. The van der Waals surface area contributed by atoms with Gasteiger partial charge in [0.25, 0.3) is 0 Å². The van der Waals surface area contributed by atoms with Crippen molar-refractivity contribution in [3.8, 4) is 0 Å². The van der Waals surface area contributed by atoms with E-state index in [0.29, 0.717) is 15.3 Å². The van der Waals surface area contributed by atoms with Crippen molar-refractivity contribution in [1.29, 1.82) is 0 Å². The number of hydrogen-bond donors (Lipinski definition) is 1. The Bertz CT molecular complexity index is 666. The van der Waals surface area contributed by atoms with Crippen molar-refractivity contribution in [3.63, 3.8) is 0 Å². The largest absolute Gasteiger partial charge is 0.481 e. The molecule has 7 heteroatoms. The van der Waals surface area contributed by atoms with Crippen LogP contribution in [0.15, 0.2) is 26.4 Å². The first-order valence-corrected chi connectivity index (χ1v) is 10.4. The molecule has 0 radical (unpaired) electrons. The fourth-order valence-corrected chi connectivity index (χ4v) is 5.63. The van der Waals surface area contributed by atoms with Gasteiger partial charge in [0.2, 0.25) is 0 Å². The summed E-state index contributed by atoms with van der Waals surface area (Å²) in [4.78, 5) is 12.0. The highest BCUT2D eigenvalue weighted by Gasteiger charge is 2.34. The average molecular weight is 393 g/mol. The topological polar surface area (TPSA) is 71.4 Å². The highest BCUT2D eigenvalue weighted by Crippen LogP contribution is 2.46. The zero-order chi connectivity index (χ0) is 15.8. The third kappa shape index (κ3) is 4.02. The number of rotatable bonds is 6. The van der Waals surface area contributed by atoms with Crippen molar-refractivity contribution < 1.29 is 18.3 Å². The number of halogens is 1. The minimum Gasteiger partial charge on any atom is -0.481 e. The summed E-state index contributed by atoms with van der Waals surface area (Å²) in [7, 11) is -3.36. The summed E-state index contributed by atoms with van der Waals surface area (Å²) in [5.74, 6) is -0.617. The molecule has 2 rings (SSSR count). The van der Waals surface area contributed by atoms with Gasteiger partial charge in [-0.3, -0.25) is 4.79 Å². The van der Waals surface area contributed by atoms with Crippen LogP contribution in [-0.2, 0) is 14.6 Å². The van der Waals surface area contributed by atoms with Crippen molar-refractivity contribution in [2.45, 2.75) is 35.0 Å². The zero-order valence-electron chi connectivity index (χ0n) is 11.8. The van der Waals surface area contributed by atoms with Crippen molar-refractivity contribution in [2.75, 3.05) is 12.5 Å². The van der Waals surface area contributed by atoms with Crippen molar-refractivity contribution in [3.05, 3.63) is 22.2 Å². The van der Waals surface area contributed by atoms with E-state index in [4.69, 9.17) is 5.11 Å². The summed E-state index contributed by atoms with van der Waals surface area (Å²) in [5.41, 5.74) is 0.796. The maximum Gasteiger partial charge on any atom is 0.303 e. The van der Waals surface area contributed by atoms with E-state index in [1.807, 2.05) is 12.3 Å². The second-order valence-electron chi connectivity index (χ2n) is 5.35. The Morgan fingerprint density at radius 1 is 1.48 bits per heavy atom. The van der Waals surface area contributed by atoms with Gasteiger partial charge in [0.15, 0.2) is 9.84 Å². The van der Waals surface area contributed by atoms with Crippen molar-refractivity contribution in [2.24, 2.45) is 5.92 Å². The fraction of sp³-hybridized carbons (Fsp3) is 0.500. The first-order chi connectivity index (χ1) is 9.74. The molecule has 1 aliphatic rings. The smallest absolute Gasteiger partial charge is 0.303 e. The standard InChI is InChI=1S/C14H17BrO4S2/c1-20-14-11(15)5-9(6-12(14)21(2,18)19)10(7-13(16)17)8-3-4-8/h5-6,8,10H,3-4,7H2,1-2H3,(H,16,17). The highest BCUT2D eigenvalue weighted by molar-refractivity contribution is 9.10. The molecule has 1 N–H and O–H groups in total. The minimum absolute atomic E-state index is 0.0406. The molecule has 4 nitrogen and oxygen atoms in total. The molecule has 1 aromatic carbocycles. The second-order valence-corrected chi connectivity index (χ2v) is 9.00. The summed E-state index contributed by atoms with van der Waals surface area (Å²) in [6.07, 6.45) is 5.06. The lowest BCUT2D eigenvalue weighted by Gasteiger charge is -2.18. The molecule has 1 aliphatic carbocycles. The molecule has 0 saturated heterocycles. The predicted octanol–water partition coefficient (Wildman–Crippen LogP) is 3.54. The Morgan fingerprint density at radius 3 is 2.52 bits per heavy atom. The summed E-state index contributed by atoms with van der Waals surface area (Å²) in [5, 5.41) is 9.09. The highest BCUT2D eigenvalue weighted by atomic mass is 79.9. The molecule has 1 atom stereocenters. The quantitative estimate of drug-likeness (QED) is 0.749. The van der Waals surface area contributed by atoms with E-state index in [1.165, 1.54) is 18.0 Å². The van der Waals surface area contributed by atoms with Crippen LogP contribution < -0.4 is 0 Å². The van der Waals surface area contributed by atoms with Crippen molar-refractivity contribution in [1.82, 2.24) is 0 Å². The second kappa shape index (κ2) is 6.30. The minimum atomic E-state index is -3.36. The maximum absolute atomic E-state index is 12.0. The van der Waals surface area contributed by atoms with E-state index in [-0.39, 0.29) is 17.2 Å². The fourth-order valence-electron chi connectivity index (χ4n) is 2.52. The first kappa shape index (κ1) is 16.8. The molecule has 0 amide bonds. The molecular weight excluding hydrogens is 376 g/mol. The molecule has 116 valence electrons. The molecular formula is C14H17BrO4S2. The summed E-state index contributed by atoms with van der Waals surface area (Å²) < 4.78 is 24.7. The number of carboxylic acid groups (broad SMARTS) is 1. The zero-order valence-corrected chi connectivity index (χ0v) is 15.0.